The summed E-state index contributed by atoms with van der Waals surface area (Å²) in [7, 11) is 0. The van der Waals surface area contributed by atoms with Crippen LogP contribution in [0.1, 0.15) is 31.1 Å². The Balaban J connectivity index is 1.77. The van der Waals surface area contributed by atoms with E-state index in [1.54, 1.807) is 42.6 Å². The highest BCUT2D eigenvalue weighted by Gasteiger charge is 2.46. The Bertz CT molecular complexity index is 1020. The summed E-state index contributed by atoms with van der Waals surface area (Å²) >= 11 is 0. The monoisotopic (exact) mass is 423 g/mol. The fourth-order valence-corrected chi connectivity index (χ4v) is 3.94. The standard InChI is InChI=1S/C23H25N3O5/c1-3-25(4-2)11-12-26-20(16-7-5-6-10-24-16)19(22(28)23(26)29)21(27)15-8-9-17-18(13-15)31-14-30-17/h5-10,13,20,27H,3-4,11-12,14H2,1-2H3/b21-19-. The molecule has 1 fully saturated rings. The lowest BCUT2D eigenvalue weighted by Gasteiger charge is -2.27. The van der Waals surface area contributed by atoms with Crippen LogP contribution in [0.5, 0.6) is 11.5 Å². The minimum atomic E-state index is -0.762. The second kappa shape index (κ2) is 8.77. The number of likely N-dealkylation sites (N-methyl/N-ethyl adjacent to an activating group) is 1. The lowest BCUT2D eigenvalue weighted by atomic mass is 9.98. The van der Waals surface area contributed by atoms with E-state index in [0.29, 0.717) is 35.8 Å². The Hall–Kier alpha value is -3.39. The SMILES string of the molecule is CCN(CC)CCN1C(=O)C(=O)/C(=C(\O)c2ccc3c(c2)OCO3)C1c1ccccn1. The van der Waals surface area contributed by atoms with Crippen LogP contribution in [0.2, 0.25) is 0 Å². The van der Waals surface area contributed by atoms with Gasteiger partial charge in [0, 0.05) is 24.8 Å². The number of aliphatic hydroxyl groups is 1. The van der Waals surface area contributed by atoms with Crippen molar-refractivity contribution in [2.24, 2.45) is 0 Å². The molecule has 1 amide bonds. The minimum absolute atomic E-state index is 0.0297. The van der Waals surface area contributed by atoms with Crippen LogP contribution < -0.4 is 9.47 Å². The molecule has 1 atom stereocenters. The van der Waals surface area contributed by atoms with Gasteiger partial charge in [-0.2, -0.15) is 0 Å². The van der Waals surface area contributed by atoms with Crippen LogP contribution in [0, 0.1) is 0 Å². The molecule has 1 aromatic heterocycles. The molecule has 8 heteroatoms. The van der Waals surface area contributed by atoms with Crippen molar-refractivity contribution in [2.45, 2.75) is 19.9 Å². The predicted molar refractivity (Wildman–Crippen MR) is 114 cm³/mol. The third-order valence-electron chi connectivity index (χ3n) is 5.71. The predicted octanol–water partition coefficient (Wildman–Crippen LogP) is 2.57. The van der Waals surface area contributed by atoms with Crippen molar-refractivity contribution in [3.05, 3.63) is 59.4 Å². The number of hydrogen-bond acceptors (Lipinski definition) is 7. The van der Waals surface area contributed by atoms with E-state index in [0.717, 1.165) is 13.1 Å². The van der Waals surface area contributed by atoms with Crippen LogP contribution in [0.4, 0.5) is 0 Å². The van der Waals surface area contributed by atoms with E-state index in [9.17, 15) is 14.7 Å². The number of fused-ring (bicyclic) bond motifs is 1. The van der Waals surface area contributed by atoms with E-state index in [2.05, 4.69) is 9.88 Å². The molecule has 4 rings (SSSR count). The van der Waals surface area contributed by atoms with E-state index in [1.165, 1.54) is 4.90 Å². The fourth-order valence-electron chi connectivity index (χ4n) is 3.94. The van der Waals surface area contributed by atoms with Gasteiger partial charge < -0.3 is 24.4 Å². The molecule has 0 spiro atoms. The molecule has 0 radical (unpaired) electrons. The van der Waals surface area contributed by atoms with Gasteiger partial charge in [-0.3, -0.25) is 14.6 Å². The summed E-state index contributed by atoms with van der Waals surface area (Å²) in [4.78, 5) is 34.0. The number of hydrogen-bond donors (Lipinski definition) is 1. The topological polar surface area (TPSA) is 92.2 Å². The number of likely N-dealkylation sites (tertiary alicyclic amines) is 1. The summed E-state index contributed by atoms with van der Waals surface area (Å²) in [6.07, 6.45) is 1.61. The van der Waals surface area contributed by atoms with Crippen LogP contribution in [-0.2, 0) is 9.59 Å². The van der Waals surface area contributed by atoms with E-state index < -0.39 is 17.7 Å². The Morgan fingerprint density at radius 2 is 1.94 bits per heavy atom. The number of pyridine rings is 1. The van der Waals surface area contributed by atoms with Gasteiger partial charge in [-0.15, -0.1) is 0 Å². The fraction of sp³-hybridized carbons (Fsp3) is 0.348. The number of carbonyl (C=O) groups is 2. The van der Waals surface area contributed by atoms with Gasteiger partial charge in [0.2, 0.25) is 6.79 Å². The van der Waals surface area contributed by atoms with Gasteiger partial charge >= 0.3 is 0 Å². The van der Waals surface area contributed by atoms with Crippen LogP contribution in [0.25, 0.3) is 5.76 Å². The molecular formula is C23H25N3O5. The van der Waals surface area contributed by atoms with E-state index in [-0.39, 0.29) is 18.1 Å². The van der Waals surface area contributed by atoms with E-state index >= 15 is 0 Å². The average Bonchev–Trinajstić information content (AvgIpc) is 3.37. The molecule has 0 saturated carbocycles. The maximum atomic E-state index is 13.0. The van der Waals surface area contributed by atoms with Crippen molar-refractivity contribution in [3.8, 4) is 11.5 Å². The Labute approximate surface area is 180 Å². The quantitative estimate of drug-likeness (QED) is 0.416. The molecule has 0 aliphatic carbocycles. The van der Waals surface area contributed by atoms with Gasteiger partial charge in [-0.05, 0) is 43.4 Å². The van der Waals surface area contributed by atoms with Gasteiger partial charge in [-0.25, -0.2) is 0 Å². The molecule has 2 aliphatic heterocycles. The van der Waals surface area contributed by atoms with Crippen molar-refractivity contribution < 1.29 is 24.2 Å². The summed E-state index contributed by atoms with van der Waals surface area (Å²) in [5.74, 6) is -0.556. The number of amides is 1. The molecule has 1 saturated heterocycles. The second-order valence-corrected chi connectivity index (χ2v) is 7.34. The number of carbonyl (C=O) groups excluding carboxylic acids is 2. The molecule has 1 aromatic carbocycles. The highest BCUT2D eigenvalue weighted by atomic mass is 16.7. The van der Waals surface area contributed by atoms with Crippen LogP contribution >= 0.6 is 0 Å². The number of ketones is 1. The first-order chi connectivity index (χ1) is 15.0. The van der Waals surface area contributed by atoms with Gasteiger partial charge in [0.25, 0.3) is 11.7 Å². The maximum Gasteiger partial charge on any atom is 0.295 e. The molecular weight excluding hydrogens is 398 g/mol. The normalized spacial score (nSPS) is 19.5. The van der Waals surface area contributed by atoms with Gasteiger partial charge in [0.1, 0.15) is 11.8 Å². The summed E-state index contributed by atoms with van der Waals surface area (Å²) in [6.45, 7) is 6.85. The second-order valence-electron chi connectivity index (χ2n) is 7.34. The lowest BCUT2D eigenvalue weighted by Crippen LogP contribution is -2.38. The smallest absolute Gasteiger partial charge is 0.295 e. The molecule has 3 heterocycles. The molecule has 1 N–H and O–H groups in total. The molecule has 8 nitrogen and oxygen atoms in total. The number of nitrogens with zero attached hydrogens (tertiary/aromatic N) is 3. The van der Waals surface area contributed by atoms with E-state index in [1.807, 2.05) is 13.8 Å². The molecule has 1 unspecified atom stereocenters. The van der Waals surface area contributed by atoms with Crippen LogP contribution in [0.15, 0.2) is 48.2 Å². The summed E-state index contributed by atoms with van der Waals surface area (Å²) in [6, 6.07) is 9.48. The molecule has 31 heavy (non-hydrogen) atoms. The zero-order valence-electron chi connectivity index (χ0n) is 17.6. The molecule has 2 aromatic rings. The lowest BCUT2D eigenvalue weighted by molar-refractivity contribution is -0.140. The summed E-state index contributed by atoms with van der Waals surface area (Å²) in [5, 5.41) is 11.1. The first-order valence-electron chi connectivity index (χ1n) is 10.4. The Kier molecular flexibility index (Phi) is 5.90. The highest BCUT2D eigenvalue weighted by molar-refractivity contribution is 6.46. The first kappa shape index (κ1) is 20.9. The van der Waals surface area contributed by atoms with E-state index in [4.69, 9.17) is 9.47 Å². The van der Waals surface area contributed by atoms with Crippen LogP contribution in [0.3, 0.4) is 0 Å². The average molecular weight is 423 g/mol. The third kappa shape index (κ3) is 3.86. The van der Waals surface area contributed by atoms with Crippen molar-refractivity contribution in [1.82, 2.24) is 14.8 Å². The largest absolute Gasteiger partial charge is 0.507 e. The van der Waals surface area contributed by atoms with Crippen LogP contribution in [-0.4, -0.2) is 64.6 Å². The third-order valence-corrected chi connectivity index (χ3v) is 5.71. The number of aliphatic hydroxyl groups excluding tert-OH is 1. The van der Waals surface area contributed by atoms with Crippen molar-refractivity contribution >= 4 is 17.4 Å². The zero-order chi connectivity index (χ0) is 22.0. The van der Waals surface area contributed by atoms with Crippen molar-refractivity contribution in [3.63, 3.8) is 0 Å². The Morgan fingerprint density at radius 1 is 1.16 bits per heavy atom. The maximum absolute atomic E-state index is 13.0. The molecule has 0 bridgehead atoms. The number of benzene rings is 1. The number of Topliss-reactive ketones (excluding diaryl/α,β-unsaturated/α-hetero) is 1. The molecule has 162 valence electrons. The zero-order valence-corrected chi connectivity index (χ0v) is 17.6. The highest BCUT2D eigenvalue weighted by Crippen LogP contribution is 2.40. The van der Waals surface area contributed by atoms with Gasteiger partial charge in [0.15, 0.2) is 11.5 Å². The number of rotatable bonds is 7. The molecule has 2 aliphatic rings. The van der Waals surface area contributed by atoms with Crippen molar-refractivity contribution in [2.75, 3.05) is 33.0 Å². The summed E-state index contributed by atoms with van der Waals surface area (Å²) < 4.78 is 10.7. The van der Waals surface area contributed by atoms with Gasteiger partial charge in [-0.1, -0.05) is 19.9 Å². The minimum Gasteiger partial charge on any atom is -0.507 e. The number of ether oxygens (including phenoxy) is 2. The van der Waals surface area contributed by atoms with Crippen molar-refractivity contribution in [1.29, 1.82) is 0 Å². The Morgan fingerprint density at radius 3 is 2.65 bits per heavy atom. The summed E-state index contributed by atoms with van der Waals surface area (Å²) in [5.41, 5.74) is 0.942. The number of aromatic nitrogens is 1. The van der Waals surface area contributed by atoms with Gasteiger partial charge in [0.05, 0.1) is 11.3 Å². The first-order valence-corrected chi connectivity index (χ1v) is 10.4.